The average Bonchev–Trinajstić information content (AvgIpc) is 2.26. The molecule has 0 unspecified atom stereocenters. The molecule has 1 N–H and O–H groups in total. The van der Waals surface area contributed by atoms with Gasteiger partial charge in [-0.3, -0.25) is 10.1 Å². The van der Waals surface area contributed by atoms with Gasteiger partial charge in [-0.1, -0.05) is 6.92 Å². The van der Waals surface area contributed by atoms with Crippen LogP contribution in [0, 0.1) is 10.1 Å². The van der Waals surface area contributed by atoms with Crippen LogP contribution in [0.15, 0.2) is 18.3 Å². The summed E-state index contributed by atoms with van der Waals surface area (Å²) in [6.45, 7) is 4.60. The fourth-order valence-corrected chi connectivity index (χ4v) is 1.95. The Balaban J connectivity index is 2.30. The first kappa shape index (κ1) is 11.8. The third-order valence-electron chi connectivity index (χ3n) is 2.90. The van der Waals surface area contributed by atoms with E-state index in [1.807, 2.05) is 4.90 Å². The Kier molecular flexibility index (Phi) is 3.53. The summed E-state index contributed by atoms with van der Waals surface area (Å²) in [7, 11) is 0. The third-order valence-corrected chi connectivity index (χ3v) is 2.90. The molecule has 0 atom stereocenters. The number of hydrogen-bond donors (Lipinski definition) is 1. The SMILES string of the molecule is CCCN(c1ncccc1[N+](=O)[O-])C1CNC1. The molecule has 0 bridgehead atoms. The molecule has 0 aliphatic carbocycles. The quantitative estimate of drug-likeness (QED) is 0.614. The van der Waals surface area contributed by atoms with Crippen molar-refractivity contribution in [3.05, 3.63) is 28.4 Å². The summed E-state index contributed by atoms with van der Waals surface area (Å²) in [5.74, 6) is 0.492. The van der Waals surface area contributed by atoms with E-state index in [4.69, 9.17) is 0 Å². The highest BCUT2D eigenvalue weighted by Crippen LogP contribution is 2.27. The largest absolute Gasteiger partial charge is 0.345 e. The van der Waals surface area contributed by atoms with E-state index in [9.17, 15) is 10.1 Å². The van der Waals surface area contributed by atoms with Gasteiger partial charge < -0.3 is 10.2 Å². The minimum absolute atomic E-state index is 0.0906. The second-order valence-electron chi connectivity index (χ2n) is 4.11. The van der Waals surface area contributed by atoms with Crippen molar-refractivity contribution in [2.75, 3.05) is 24.5 Å². The van der Waals surface area contributed by atoms with Crippen molar-refractivity contribution in [3.63, 3.8) is 0 Å². The van der Waals surface area contributed by atoms with Crippen molar-refractivity contribution in [1.82, 2.24) is 10.3 Å². The van der Waals surface area contributed by atoms with Crippen LogP contribution in [-0.4, -0.2) is 35.6 Å². The van der Waals surface area contributed by atoms with Crippen molar-refractivity contribution >= 4 is 11.5 Å². The molecule has 0 radical (unpaired) electrons. The van der Waals surface area contributed by atoms with Crippen molar-refractivity contribution in [2.24, 2.45) is 0 Å². The molecule has 1 saturated heterocycles. The molecule has 0 spiro atoms. The summed E-state index contributed by atoms with van der Waals surface area (Å²) in [5, 5.41) is 14.2. The Labute approximate surface area is 99.8 Å². The molecule has 0 saturated carbocycles. The number of pyridine rings is 1. The fraction of sp³-hybridized carbons (Fsp3) is 0.545. The zero-order valence-electron chi connectivity index (χ0n) is 9.80. The fourth-order valence-electron chi connectivity index (χ4n) is 1.95. The lowest BCUT2D eigenvalue weighted by Crippen LogP contribution is -2.58. The van der Waals surface area contributed by atoms with Crippen LogP contribution in [0.3, 0.4) is 0 Å². The Morgan fingerprint density at radius 3 is 2.94 bits per heavy atom. The molecule has 2 rings (SSSR count). The predicted octanol–water partition coefficient (Wildman–Crippen LogP) is 1.18. The zero-order chi connectivity index (χ0) is 12.3. The molecule has 0 aromatic carbocycles. The van der Waals surface area contributed by atoms with Gasteiger partial charge in [0.15, 0.2) is 0 Å². The predicted molar refractivity (Wildman–Crippen MR) is 65.2 cm³/mol. The van der Waals surface area contributed by atoms with E-state index in [0.29, 0.717) is 11.9 Å². The Morgan fingerprint density at radius 1 is 1.65 bits per heavy atom. The van der Waals surface area contributed by atoms with Gasteiger partial charge >= 0.3 is 5.69 Å². The number of rotatable bonds is 5. The number of anilines is 1. The van der Waals surface area contributed by atoms with E-state index in [-0.39, 0.29) is 10.6 Å². The number of aromatic nitrogens is 1. The second-order valence-corrected chi connectivity index (χ2v) is 4.11. The van der Waals surface area contributed by atoms with Crippen molar-refractivity contribution in [3.8, 4) is 0 Å². The van der Waals surface area contributed by atoms with E-state index >= 15 is 0 Å². The van der Waals surface area contributed by atoms with Gasteiger partial charge in [-0.15, -0.1) is 0 Å². The van der Waals surface area contributed by atoms with Crippen molar-refractivity contribution in [1.29, 1.82) is 0 Å². The van der Waals surface area contributed by atoms with E-state index in [1.54, 1.807) is 12.3 Å². The topological polar surface area (TPSA) is 71.3 Å². The minimum Gasteiger partial charge on any atom is -0.345 e. The average molecular weight is 236 g/mol. The van der Waals surface area contributed by atoms with Gasteiger partial charge in [0.1, 0.15) is 0 Å². The van der Waals surface area contributed by atoms with Gasteiger partial charge in [-0.25, -0.2) is 4.98 Å². The molecule has 92 valence electrons. The maximum absolute atomic E-state index is 11.0. The molecule has 1 aliphatic heterocycles. The van der Waals surface area contributed by atoms with E-state index in [2.05, 4.69) is 17.2 Å². The van der Waals surface area contributed by atoms with Crippen LogP contribution < -0.4 is 10.2 Å². The molecule has 1 fully saturated rings. The molecule has 1 aromatic heterocycles. The first-order chi connectivity index (χ1) is 8.24. The molecule has 0 amide bonds. The van der Waals surface area contributed by atoms with Crippen LogP contribution in [0.25, 0.3) is 0 Å². The lowest BCUT2D eigenvalue weighted by molar-refractivity contribution is -0.384. The maximum Gasteiger partial charge on any atom is 0.311 e. The summed E-state index contributed by atoms with van der Waals surface area (Å²) >= 11 is 0. The first-order valence-electron chi connectivity index (χ1n) is 5.80. The second kappa shape index (κ2) is 5.09. The lowest BCUT2D eigenvalue weighted by Gasteiger charge is -2.38. The van der Waals surface area contributed by atoms with Crippen LogP contribution in [0.2, 0.25) is 0 Å². The van der Waals surface area contributed by atoms with E-state index in [0.717, 1.165) is 26.1 Å². The standard InChI is InChI=1S/C11H16N4O2/c1-2-6-14(9-7-12-8-9)11-10(15(16)17)4-3-5-13-11/h3-5,9,12H,2,6-8H2,1H3. The van der Waals surface area contributed by atoms with Gasteiger partial charge in [0.2, 0.25) is 5.82 Å². The van der Waals surface area contributed by atoms with Gasteiger partial charge in [0.25, 0.3) is 0 Å². The molecular weight excluding hydrogens is 220 g/mol. The van der Waals surface area contributed by atoms with Gasteiger partial charge in [-0.05, 0) is 12.5 Å². The number of nitrogens with zero attached hydrogens (tertiary/aromatic N) is 3. The summed E-state index contributed by atoms with van der Waals surface area (Å²) in [4.78, 5) is 16.8. The summed E-state index contributed by atoms with van der Waals surface area (Å²) < 4.78 is 0. The molecule has 2 heterocycles. The molecule has 17 heavy (non-hydrogen) atoms. The molecule has 6 nitrogen and oxygen atoms in total. The Hall–Kier alpha value is -1.69. The summed E-state index contributed by atoms with van der Waals surface area (Å²) in [6.07, 6.45) is 2.56. The van der Waals surface area contributed by atoms with Crippen LogP contribution >= 0.6 is 0 Å². The van der Waals surface area contributed by atoms with E-state index in [1.165, 1.54) is 6.07 Å². The summed E-state index contributed by atoms with van der Waals surface area (Å²) in [6, 6.07) is 3.44. The monoisotopic (exact) mass is 236 g/mol. The smallest absolute Gasteiger partial charge is 0.311 e. The number of nitrogens with one attached hydrogen (secondary N) is 1. The Bertz CT molecular complexity index is 406. The first-order valence-corrected chi connectivity index (χ1v) is 5.80. The van der Waals surface area contributed by atoms with Crippen LogP contribution in [0.1, 0.15) is 13.3 Å². The van der Waals surface area contributed by atoms with Gasteiger partial charge in [0.05, 0.1) is 11.0 Å². The normalized spacial score (nSPS) is 15.4. The highest BCUT2D eigenvalue weighted by Gasteiger charge is 2.29. The van der Waals surface area contributed by atoms with Crippen LogP contribution in [0.4, 0.5) is 11.5 Å². The maximum atomic E-state index is 11.0. The lowest BCUT2D eigenvalue weighted by atomic mass is 10.1. The van der Waals surface area contributed by atoms with Gasteiger partial charge in [0, 0.05) is 31.9 Å². The zero-order valence-corrected chi connectivity index (χ0v) is 9.80. The molecule has 1 aliphatic rings. The highest BCUT2D eigenvalue weighted by atomic mass is 16.6. The van der Waals surface area contributed by atoms with E-state index < -0.39 is 0 Å². The number of nitro groups is 1. The number of hydrogen-bond acceptors (Lipinski definition) is 5. The Morgan fingerprint density at radius 2 is 2.41 bits per heavy atom. The summed E-state index contributed by atoms with van der Waals surface area (Å²) in [5.41, 5.74) is 0.0906. The third kappa shape index (κ3) is 2.36. The molecule has 6 heteroatoms. The molecular formula is C11H16N4O2. The van der Waals surface area contributed by atoms with Crippen molar-refractivity contribution < 1.29 is 4.92 Å². The van der Waals surface area contributed by atoms with Gasteiger partial charge in [-0.2, -0.15) is 0 Å². The minimum atomic E-state index is -0.364. The van der Waals surface area contributed by atoms with Crippen LogP contribution in [0.5, 0.6) is 0 Å². The molecule has 1 aromatic rings. The van der Waals surface area contributed by atoms with Crippen LogP contribution in [-0.2, 0) is 0 Å². The highest BCUT2D eigenvalue weighted by molar-refractivity contribution is 5.58. The van der Waals surface area contributed by atoms with Crippen molar-refractivity contribution in [2.45, 2.75) is 19.4 Å².